The Hall–Kier alpha value is -1.67. The molecule has 0 aromatic rings. The van der Waals surface area contributed by atoms with E-state index in [4.69, 9.17) is 10.5 Å². The van der Waals surface area contributed by atoms with Crippen molar-refractivity contribution in [1.29, 1.82) is 0 Å². The minimum Gasteiger partial charge on any atom is -0.467 e. The van der Waals surface area contributed by atoms with E-state index in [0.717, 1.165) is 25.7 Å². The number of carbonyl (C=O) groups excluding carboxylic acids is 3. The van der Waals surface area contributed by atoms with Crippen LogP contribution >= 0.6 is 0 Å². The zero-order valence-corrected chi connectivity index (χ0v) is 18.7. The van der Waals surface area contributed by atoms with Crippen LogP contribution in [-0.2, 0) is 19.1 Å². The van der Waals surface area contributed by atoms with E-state index in [1.807, 2.05) is 13.8 Å². The lowest BCUT2D eigenvalue weighted by atomic mass is 10.0. The average Bonchev–Trinajstić information content (AvgIpc) is 2.67. The highest BCUT2D eigenvalue weighted by molar-refractivity contribution is 5.92. The molecular formula is C21H41N3O5. The Morgan fingerprint density at radius 2 is 1.48 bits per heavy atom. The van der Waals surface area contributed by atoms with Crippen LogP contribution in [0.3, 0.4) is 0 Å². The van der Waals surface area contributed by atoms with Crippen molar-refractivity contribution < 1.29 is 24.2 Å². The normalized spacial score (nSPS) is 15.3. The van der Waals surface area contributed by atoms with Gasteiger partial charge in [0.2, 0.25) is 11.8 Å². The molecule has 5 N–H and O–H groups in total. The molecular weight excluding hydrogens is 374 g/mol. The number of rotatable bonds is 15. The molecule has 0 aromatic carbocycles. The first-order chi connectivity index (χ1) is 13.6. The number of nitrogens with two attached hydrogens (primary N) is 1. The maximum Gasteiger partial charge on any atom is 0.328 e. The van der Waals surface area contributed by atoms with Crippen molar-refractivity contribution in [2.75, 3.05) is 7.11 Å². The molecule has 0 heterocycles. The van der Waals surface area contributed by atoms with Crippen molar-refractivity contribution in [2.24, 2.45) is 11.7 Å². The van der Waals surface area contributed by atoms with Gasteiger partial charge < -0.3 is 26.2 Å². The highest BCUT2D eigenvalue weighted by Gasteiger charge is 2.29. The van der Waals surface area contributed by atoms with E-state index in [1.54, 1.807) is 0 Å². The second kappa shape index (κ2) is 15.2. The van der Waals surface area contributed by atoms with Crippen LogP contribution in [0.15, 0.2) is 0 Å². The zero-order valence-electron chi connectivity index (χ0n) is 18.7. The van der Waals surface area contributed by atoms with Crippen LogP contribution in [0.4, 0.5) is 0 Å². The van der Waals surface area contributed by atoms with Gasteiger partial charge >= 0.3 is 5.97 Å². The largest absolute Gasteiger partial charge is 0.467 e. The predicted octanol–water partition coefficient (Wildman–Crippen LogP) is 1.63. The first-order valence-electron chi connectivity index (χ1n) is 10.8. The molecule has 8 heteroatoms. The van der Waals surface area contributed by atoms with Crippen LogP contribution in [0.25, 0.3) is 0 Å². The Kier molecular flexibility index (Phi) is 14.3. The number of nitrogens with one attached hydrogen (secondary N) is 2. The van der Waals surface area contributed by atoms with Gasteiger partial charge in [-0.3, -0.25) is 9.59 Å². The van der Waals surface area contributed by atoms with Crippen molar-refractivity contribution in [1.82, 2.24) is 10.6 Å². The number of unbranched alkanes of at least 4 members (excludes halogenated alkanes) is 5. The molecule has 0 spiro atoms. The predicted molar refractivity (Wildman–Crippen MR) is 113 cm³/mol. The number of amides is 2. The minimum atomic E-state index is -1.13. The third-order valence-electron chi connectivity index (χ3n) is 4.81. The summed E-state index contributed by atoms with van der Waals surface area (Å²) in [6.07, 6.45) is 6.25. The van der Waals surface area contributed by atoms with Crippen LogP contribution in [-0.4, -0.2) is 54.2 Å². The lowest BCUT2D eigenvalue weighted by Gasteiger charge is -2.25. The summed E-state index contributed by atoms with van der Waals surface area (Å²) < 4.78 is 4.83. The highest BCUT2D eigenvalue weighted by atomic mass is 16.5. The molecule has 0 aliphatic carbocycles. The number of carbonyl (C=O) groups is 3. The summed E-state index contributed by atoms with van der Waals surface area (Å²) in [6.45, 7) is 7.42. The van der Waals surface area contributed by atoms with Gasteiger partial charge in [-0.05, 0) is 25.7 Å². The Bertz CT molecular complexity index is 497. The summed E-state index contributed by atoms with van der Waals surface area (Å²) >= 11 is 0. The Labute approximate surface area is 175 Å². The number of hydrogen-bond acceptors (Lipinski definition) is 6. The molecule has 0 radical (unpaired) electrons. The summed E-state index contributed by atoms with van der Waals surface area (Å²) in [5, 5.41) is 14.8. The number of methoxy groups -OCH3 is 1. The summed E-state index contributed by atoms with van der Waals surface area (Å²) in [5.74, 6) is -1.43. The average molecular weight is 416 g/mol. The molecule has 0 aromatic heterocycles. The van der Waals surface area contributed by atoms with Gasteiger partial charge in [0.1, 0.15) is 18.1 Å². The Morgan fingerprint density at radius 3 is 2.00 bits per heavy atom. The van der Waals surface area contributed by atoms with E-state index in [0.29, 0.717) is 12.8 Å². The molecule has 4 atom stereocenters. The van der Waals surface area contributed by atoms with Gasteiger partial charge in [-0.25, -0.2) is 4.79 Å². The highest BCUT2D eigenvalue weighted by Crippen LogP contribution is 2.11. The molecule has 0 aliphatic rings. The standard InChI is InChI=1S/C21H41N3O5/c1-6-7-8-9-10-11-12-16(21(28)29-5)23-19(26)17(13-14(2)3)24-20(27)18(22)15(4)25/h14-18,25H,6-13,22H2,1-5H3,(H,23,26)(H,24,27)/t15-,16-,17-,18+/m1/s1. The first kappa shape index (κ1) is 27.3. The molecule has 0 aliphatic heterocycles. The van der Waals surface area contributed by atoms with Gasteiger partial charge in [-0.1, -0.05) is 59.3 Å². The molecule has 29 heavy (non-hydrogen) atoms. The van der Waals surface area contributed by atoms with Gasteiger partial charge in [0.25, 0.3) is 0 Å². The number of aliphatic hydroxyl groups excluding tert-OH is 1. The van der Waals surface area contributed by atoms with Gasteiger partial charge in [0.15, 0.2) is 0 Å². The van der Waals surface area contributed by atoms with E-state index in [9.17, 15) is 19.5 Å². The lowest BCUT2D eigenvalue weighted by Crippen LogP contribution is -2.56. The van der Waals surface area contributed by atoms with E-state index in [-0.39, 0.29) is 5.92 Å². The fourth-order valence-corrected chi connectivity index (χ4v) is 2.98. The van der Waals surface area contributed by atoms with Crippen molar-refractivity contribution in [3.05, 3.63) is 0 Å². The first-order valence-corrected chi connectivity index (χ1v) is 10.8. The fraction of sp³-hybridized carbons (Fsp3) is 0.857. The van der Waals surface area contributed by atoms with Crippen LogP contribution in [0.1, 0.15) is 79.1 Å². The summed E-state index contributed by atoms with van der Waals surface area (Å²) in [7, 11) is 1.29. The maximum absolute atomic E-state index is 12.8. The number of hydrogen-bond donors (Lipinski definition) is 4. The maximum atomic E-state index is 12.8. The molecule has 0 fully saturated rings. The van der Waals surface area contributed by atoms with Gasteiger partial charge in [-0.2, -0.15) is 0 Å². The van der Waals surface area contributed by atoms with E-state index in [2.05, 4.69) is 17.6 Å². The molecule has 170 valence electrons. The fourth-order valence-electron chi connectivity index (χ4n) is 2.98. The van der Waals surface area contributed by atoms with E-state index in [1.165, 1.54) is 26.9 Å². The Balaban J connectivity index is 4.93. The van der Waals surface area contributed by atoms with Crippen molar-refractivity contribution in [3.63, 3.8) is 0 Å². The zero-order chi connectivity index (χ0) is 22.4. The topological polar surface area (TPSA) is 131 Å². The molecule has 0 rings (SSSR count). The number of aliphatic hydroxyl groups is 1. The van der Waals surface area contributed by atoms with Crippen molar-refractivity contribution in [3.8, 4) is 0 Å². The van der Waals surface area contributed by atoms with E-state index >= 15 is 0 Å². The molecule has 0 unspecified atom stereocenters. The van der Waals surface area contributed by atoms with Crippen LogP contribution in [0.5, 0.6) is 0 Å². The summed E-state index contributed by atoms with van der Waals surface area (Å²) in [5.41, 5.74) is 5.66. The molecule has 0 saturated heterocycles. The number of esters is 1. The van der Waals surface area contributed by atoms with Crippen molar-refractivity contribution >= 4 is 17.8 Å². The summed E-state index contributed by atoms with van der Waals surface area (Å²) in [4.78, 5) is 37.1. The molecule has 8 nitrogen and oxygen atoms in total. The van der Waals surface area contributed by atoms with E-state index < -0.39 is 42.0 Å². The number of ether oxygens (including phenoxy) is 1. The van der Waals surface area contributed by atoms with Crippen LogP contribution < -0.4 is 16.4 Å². The van der Waals surface area contributed by atoms with Crippen molar-refractivity contribution in [2.45, 2.75) is 103 Å². The monoisotopic (exact) mass is 415 g/mol. The smallest absolute Gasteiger partial charge is 0.328 e. The molecule has 0 saturated carbocycles. The Morgan fingerprint density at radius 1 is 0.931 bits per heavy atom. The third kappa shape index (κ3) is 11.8. The second-order valence-corrected chi connectivity index (χ2v) is 8.10. The molecule has 2 amide bonds. The quantitative estimate of drug-likeness (QED) is 0.237. The van der Waals surface area contributed by atoms with Gasteiger partial charge in [0.05, 0.1) is 13.2 Å². The van der Waals surface area contributed by atoms with Gasteiger partial charge in [0, 0.05) is 0 Å². The van der Waals surface area contributed by atoms with Crippen LogP contribution in [0.2, 0.25) is 0 Å². The lowest BCUT2D eigenvalue weighted by molar-refractivity contribution is -0.145. The summed E-state index contributed by atoms with van der Waals surface area (Å²) in [6, 6.07) is -2.73. The SMILES string of the molecule is CCCCCCCC[C@@H](NC(=O)[C@@H](CC(C)C)NC(=O)[C@@H](N)[C@@H](C)O)C(=O)OC. The minimum absolute atomic E-state index is 0.129. The molecule has 0 bridgehead atoms. The van der Waals surface area contributed by atoms with Crippen LogP contribution in [0, 0.1) is 5.92 Å². The third-order valence-corrected chi connectivity index (χ3v) is 4.81. The van der Waals surface area contributed by atoms with Gasteiger partial charge in [-0.15, -0.1) is 0 Å². The second-order valence-electron chi connectivity index (χ2n) is 8.10.